The summed E-state index contributed by atoms with van der Waals surface area (Å²) < 4.78 is 0. The smallest absolute Gasteiger partial charge is 0.181 e. The quantitative estimate of drug-likeness (QED) is 0.827. The second-order valence-electron chi connectivity index (χ2n) is 5.51. The highest BCUT2D eigenvalue weighted by Gasteiger charge is 2.28. The van der Waals surface area contributed by atoms with Crippen LogP contribution in [0.25, 0.3) is 0 Å². The molecule has 0 aliphatic carbocycles. The monoisotopic (exact) mass is 296 g/mol. The minimum atomic E-state index is -1.06. The van der Waals surface area contributed by atoms with Crippen molar-refractivity contribution in [1.82, 2.24) is 0 Å². The number of rotatable bonds is 5. The van der Waals surface area contributed by atoms with Crippen LogP contribution in [0.2, 0.25) is 0 Å². The average molecular weight is 296 g/mol. The van der Waals surface area contributed by atoms with E-state index in [0.29, 0.717) is 11.1 Å². The zero-order valence-corrected chi connectivity index (χ0v) is 12.7. The highest BCUT2D eigenvalue weighted by Crippen LogP contribution is 2.11. The van der Waals surface area contributed by atoms with Crippen molar-refractivity contribution >= 4 is 11.6 Å². The number of hydrogen-bond acceptors (Lipinski definition) is 4. The molecule has 2 aromatic carbocycles. The average Bonchev–Trinajstić information content (AvgIpc) is 2.53. The van der Waals surface area contributed by atoms with Crippen molar-refractivity contribution in [3.8, 4) is 0 Å². The van der Waals surface area contributed by atoms with E-state index in [1.807, 2.05) is 38.1 Å². The van der Waals surface area contributed by atoms with Crippen molar-refractivity contribution in [3.63, 3.8) is 0 Å². The summed E-state index contributed by atoms with van der Waals surface area (Å²) in [5, 5.41) is 0. The van der Waals surface area contributed by atoms with Gasteiger partial charge in [-0.15, -0.1) is 0 Å². The highest BCUT2D eigenvalue weighted by atomic mass is 16.1. The lowest BCUT2D eigenvalue weighted by molar-refractivity contribution is 0.0872. The molecule has 0 fully saturated rings. The Morgan fingerprint density at radius 3 is 1.23 bits per heavy atom. The Hall–Kier alpha value is -2.30. The molecule has 0 bridgehead atoms. The molecule has 0 aliphatic heterocycles. The third kappa shape index (κ3) is 3.47. The molecule has 114 valence electrons. The molecule has 0 spiro atoms. The number of benzene rings is 2. The molecule has 0 saturated carbocycles. The number of nitrogens with two attached hydrogens (primary N) is 2. The summed E-state index contributed by atoms with van der Waals surface area (Å²) in [4.78, 5) is 24.7. The van der Waals surface area contributed by atoms with Gasteiger partial charge in [0.1, 0.15) is 0 Å². The van der Waals surface area contributed by atoms with Crippen LogP contribution in [0.4, 0.5) is 0 Å². The number of aryl methyl sites for hydroxylation is 2. The first-order valence-corrected chi connectivity index (χ1v) is 7.13. The minimum Gasteiger partial charge on any atom is -0.320 e. The van der Waals surface area contributed by atoms with E-state index in [2.05, 4.69) is 0 Å². The molecule has 4 nitrogen and oxygen atoms in total. The maximum Gasteiger partial charge on any atom is 0.181 e. The van der Waals surface area contributed by atoms with E-state index >= 15 is 0 Å². The van der Waals surface area contributed by atoms with Crippen LogP contribution in [0.5, 0.6) is 0 Å². The lowest BCUT2D eigenvalue weighted by Gasteiger charge is -2.18. The molecular formula is C18H20N2O2. The molecule has 4 heteroatoms. The van der Waals surface area contributed by atoms with Crippen LogP contribution >= 0.6 is 0 Å². The van der Waals surface area contributed by atoms with E-state index in [1.165, 1.54) is 0 Å². The summed E-state index contributed by atoms with van der Waals surface area (Å²) in [6.45, 7) is 3.86. The standard InChI is InChI=1S/C18H20N2O2/c1-11-3-7-13(8-4-11)17(21)15(19)16(20)18(22)14-9-5-12(2)6-10-14/h3-10,15-16H,19-20H2,1-2H3. The van der Waals surface area contributed by atoms with E-state index in [-0.39, 0.29) is 11.6 Å². The van der Waals surface area contributed by atoms with Crippen molar-refractivity contribution in [1.29, 1.82) is 0 Å². The Kier molecular flexibility index (Phi) is 4.85. The normalized spacial score (nSPS) is 13.5. The zero-order valence-electron chi connectivity index (χ0n) is 12.7. The maximum absolute atomic E-state index is 12.3. The Morgan fingerprint density at radius 1 is 0.682 bits per heavy atom. The molecule has 0 amide bonds. The van der Waals surface area contributed by atoms with Crippen LogP contribution in [0.15, 0.2) is 48.5 Å². The Bertz CT molecular complexity index is 614. The molecular weight excluding hydrogens is 276 g/mol. The summed E-state index contributed by atoms with van der Waals surface area (Å²) in [5.74, 6) is -0.652. The van der Waals surface area contributed by atoms with Gasteiger partial charge in [0.15, 0.2) is 11.6 Å². The van der Waals surface area contributed by atoms with Crippen LogP contribution in [0.3, 0.4) is 0 Å². The molecule has 2 unspecified atom stereocenters. The second-order valence-corrected chi connectivity index (χ2v) is 5.51. The summed E-state index contributed by atoms with van der Waals surface area (Å²) in [7, 11) is 0. The van der Waals surface area contributed by atoms with E-state index in [0.717, 1.165) is 11.1 Å². The molecule has 2 rings (SSSR count). The summed E-state index contributed by atoms with van der Waals surface area (Å²) in [6, 6.07) is 12.0. The van der Waals surface area contributed by atoms with Gasteiger partial charge in [-0.05, 0) is 13.8 Å². The van der Waals surface area contributed by atoms with Crippen LogP contribution in [0, 0.1) is 13.8 Å². The SMILES string of the molecule is Cc1ccc(C(=O)C(N)C(N)C(=O)c2ccc(C)cc2)cc1. The Balaban J connectivity index is 2.15. The summed E-state index contributed by atoms with van der Waals surface area (Å²) in [6.07, 6.45) is 0. The molecule has 4 N–H and O–H groups in total. The Labute approximate surface area is 130 Å². The van der Waals surface area contributed by atoms with Crippen LogP contribution in [0.1, 0.15) is 31.8 Å². The van der Waals surface area contributed by atoms with Gasteiger partial charge < -0.3 is 11.5 Å². The van der Waals surface area contributed by atoms with Gasteiger partial charge in [-0.3, -0.25) is 9.59 Å². The fraction of sp³-hybridized carbons (Fsp3) is 0.222. The van der Waals surface area contributed by atoms with Crippen LogP contribution in [-0.4, -0.2) is 23.7 Å². The van der Waals surface area contributed by atoms with Gasteiger partial charge >= 0.3 is 0 Å². The molecule has 0 heterocycles. The minimum absolute atomic E-state index is 0.326. The molecule has 2 atom stereocenters. The topological polar surface area (TPSA) is 86.2 Å². The lowest BCUT2D eigenvalue weighted by Crippen LogP contribution is -2.51. The van der Waals surface area contributed by atoms with Gasteiger partial charge in [0.25, 0.3) is 0 Å². The van der Waals surface area contributed by atoms with Crippen LogP contribution in [-0.2, 0) is 0 Å². The third-order valence-corrected chi connectivity index (χ3v) is 3.66. The molecule has 0 aromatic heterocycles. The molecule has 0 saturated heterocycles. The van der Waals surface area contributed by atoms with Crippen molar-refractivity contribution in [2.45, 2.75) is 25.9 Å². The van der Waals surface area contributed by atoms with Gasteiger partial charge in [0.2, 0.25) is 0 Å². The third-order valence-electron chi connectivity index (χ3n) is 3.66. The van der Waals surface area contributed by atoms with Crippen molar-refractivity contribution in [2.75, 3.05) is 0 Å². The molecule has 0 radical (unpaired) electrons. The number of carbonyl (C=O) groups is 2. The molecule has 22 heavy (non-hydrogen) atoms. The van der Waals surface area contributed by atoms with Gasteiger partial charge in [0, 0.05) is 11.1 Å². The van der Waals surface area contributed by atoms with Crippen molar-refractivity contribution in [2.24, 2.45) is 11.5 Å². The van der Waals surface area contributed by atoms with Gasteiger partial charge in [0.05, 0.1) is 12.1 Å². The van der Waals surface area contributed by atoms with Gasteiger partial charge in [-0.2, -0.15) is 0 Å². The van der Waals surface area contributed by atoms with E-state index in [9.17, 15) is 9.59 Å². The lowest BCUT2D eigenvalue weighted by atomic mass is 9.93. The van der Waals surface area contributed by atoms with Crippen molar-refractivity contribution in [3.05, 3.63) is 70.8 Å². The number of Topliss-reactive ketones (excluding diaryl/α,β-unsaturated/α-hetero) is 2. The van der Waals surface area contributed by atoms with Gasteiger partial charge in [-0.25, -0.2) is 0 Å². The first kappa shape index (κ1) is 16.1. The van der Waals surface area contributed by atoms with Crippen molar-refractivity contribution < 1.29 is 9.59 Å². The number of carbonyl (C=O) groups excluding carboxylic acids is 2. The maximum atomic E-state index is 12.3. The molecule has 2 aromatic rings. The zero-order chi connectivity index (χ0) is 16.3. The fourth-order valence-corrected chi connectivity index (χ4v) is 2.15. The predicted octanol–water partition coefficient (Wildman–Crippen LogP) is 2.02. The van der Waals surface area contributed by atoms with Gasteiger partial charge in [-0.1, -0.05) is 59.7 Å². The second kappa shape index (κ2) is 6.64. The summed E-state index contributed by atoms with van der Waals surface area (Å²) >= 11 is 0. The fourth-order valence-electron chi connectivity index (χ4n) is 2.15. The van der Waals surface area contributed by atoms with E-state index in [4.69, 9.17) is 11.5 Å². The summed E-state index contributed by atoms with van der Waals surface area (Å²) in [5.41, 5.74) is 14.8. The highest BCUT2D eigenvalue weighted by molar-refractivity contribution is 6.08. The largest absolute Gasteiger partial charge is 0.320 e. The number of ketones is 2. The molecule has 0 aliphatic rings. The van der Waals surface area contributed by atoms with Crippen LogP contribution < -0.4 is 11.5 Å². The first-order valence-electron chi connectivity index (χ1n) is 7.13. The Morgan fingerprint density at radius 2 is 0.955 bits per heavy atom. The predicted molar refractivity (Wildman–Crippen MR) is 87.0 cm³/mol. The van der Waals surface area contributed by atoms with E-state index < -0.39 is 12.1 Å². The van der Waals surface area contributed by atoms with E-state index in [1.54, 1.807) is 24.3 Å². The first-order chi connectivity index (χ1) is 10.4. The number of hydrogen-bond donors (Lipinski definition) is 2.